The molecule has 1 unspecified atom stereocenters. The van der Waals surface area contributed by atoms with Gasteiger partial charge in [0.1, 0.15) is 0 Å². The van der Waals surface area contributed by atoms with Crippen molar-refractivity contribution in [1.82, 2.24) is 0 Å². The molecule has 0 fully saturated rings. The number of halogens is 1. The molecule has 0 heterocycles. The van der Waals surface area contributed by atoms with E-state index >= 15 is 0 Å². The van der Waals surface area contributed by atoms with Crippen LogP contribution >= 0.6 is 11.6 Å². The lowest BCUT2D eigenvalue weighted by atomic mass is 10.2. The summed E-state index contributed by atoms with van der Waals surface area (Å²) < 4.78 is 0. The second kappa shape index (κ2) is 4.33. The van der Waals surface area contributed by atoms with Crippen LogP contribution in [-0.4, -0.2) is 12.6 Å². The highest BCUT2D eigenvalue weighted by molar-refractivity contribution is 6.33. The summed E-state index contributed by atoms with van der Waals surface area (Å²) in [4.78, 5) is 0. The van der Waals surface area contributed by atoms with E-state index < -0.39 is 0 Å². The Bertz CT molecular complexity index is 250. The maximum Gasteiger partial charge on any atom is 0.0637 e. The molecule has 1 aromatic carbocycles. The van der Waals surface area contributed by atoms with Crippen LogP contribution in [0.4, 0.5) is 5.69 Å². The van der Waals surface area contributed by atoms with Crippen molar-refractivity contribution in [3.63, 3.8) is 0 Å². The molecule has 0 aliphatic heterocycles. The van der Waals surface area contributed by atoms with Gasteiger partial charge in [0.05, 0.1) is 10.7 Å². The zero-order valence-corrected chi connectivity index (χ0v) is 7.81. The van der Waals surface area contributed by atoms with E-state index in [2.05, 4.69) is 5.32 Å². The van der Waals surface area contributed by atoms with Crippen molar-refractivity contribution >= 4 is 17.3 Å². The summed E-state index contributed by atoms with van der Waals surface area (Å²) in [6.07, 6.45) is 0. The minimum absolute atomic E-state index is 0.255. The topological polar surface area (TPSA) is 38.0 Å². The summed E-state index contributed by atoms with van der Waals surface area (Å²) in [7, 11) is 0. The molecule has 1 rings (SSSR count). The van der Waals surface area contributed by atoms with Crippen molar-refractivity contribution < 1.29 is 0 Å². The highest BCUT2D eigenvalue weighted by Crippen LogP contribution is 2.20. The third kappa shape index (κ3) is 2.40. The minimum Gasteiger partial charge on any atom is -0.380 e. The van der Waals surface area contributed by atoms with E-state index in [1.54, 1.807) is 0 Å². The number of hydrogen-bond acceptors (Lipinski definition) is 2. The first kappa shape index (κ1) is 9.36. The van der Waals surface area contributed by atoms with E-state index in [4.69, 9.17) is 17.3 Å². The van der Waals surface area contributed by atoms with Gasteiger partial charge >= 0.3 is 0 Å². The third-order valence-corrected chi connectivity index (χ3v) is 1.96. The van der Waals surface area contributed by atoms with Crippen LogP contribution in [0.15, 0.2) is 24.3 Å². The van der Waals surface area contributed by atoms with E-state index in [9.17, 15) is 0 Å². The molecule has 12 heavy (non-hydrogen) atoms. The zero-order chi connectivity index (χ0) is 8.97. The van der Waals surface area contributed by atoms with Gasteiger partial charge in [0.15, 0.2) is 0 Å². The van der Waals surface area contributed by atoms with Crippen molar-refractivity contribution in [3.8, 4) is 0 Å². The van der Waals surface area contributed by atoms with Gasteiger partial charge in [-0.3, -0.25) is 0 Å². The van der Waals surface area contributed by atoms with Crippen molar-refractivity contribution in [3.05, 3.63) is 29.3 Å². The van der Waals surface area contributed by atoms with Crippen LogP contribution < -0.4 is 11.1 Å². The molecule has 3 N–H and O–H groups in total. The molecule has 0 radical (unpaired) electrons. The molecule has 0 aliphatic rings. The average Bonchev–Trinajstić information content (AvgIpc) is 2.09. The summed E-state index contributed by atoms with van der Waals surface area (Å²) in [5.74, 6) is 0. The Morgan fingerprint density at radius 1 is 1.50 bits per heavy atom. The molecule has 1 aromatic rings. The van der Waals surface area contributed by atoms with Crippen LogP contribution in [0.3, 0.4) is 0 Å². The molecule has 66 valence electrons. The largest absolute Gasteiger partial charge is 0.380 e. The Labute approximate surface area is 77.7 Å². The van der Waals surface area contributed by atoms with Crippen molar-refractivity contribution in [2.75, 3.05) is 11.9 Å². The Kier molecular flexibility index (Phi) is 3.38. The quantitative estimate of drug-likeness (QED) is 0.755. The van der Waals surface area contributed by atoms with Gasteiger partial charge in [0.2, 0.25) is 0 Å². The smallest absolute Gasteiger partial charge is 0.0637 e. The summed E-state index contributed by atoms with van der Waals surface area (Å²) in [6, 6.07) is 7.89. The Morgan fingerprint density at radius 3 is 2.75 bits per heavy atom. The molecule has 0 aromatic heterocycles. The lowest BCUT2D eigenvalue weighted by molar-refractivity contribution is 0.804. The summed E-state index contributed by atoms with van der Waals surface area (Å²) in [6.45, 7) is 2.62. The fourth-order valence-corrected chi connectivity index (χ4v) is 1.09. The van der Waals surface area contributed by atoms with E-state index in [1.807, 2.05) is 31.2 Å². The van der Waals surface area contributed by atoms with E-state index in [1.165, 1.54) is 0 Å². The van der Waals surface area contributed by atoms with Gasteiger partial charge in [0.25, 0.3) is 0 Å². The molecule has 1 atom stereocenters. The lowest BCUT2D eigenvalue weighted by Crippen LogP contribution is -2.25. The van der Waals surface area contributed by atoms with Crippen LogP contribution in [0.1, 0.15) is 6.92 Å². The van der Waals surface area contributed by atoms with Crippen LogP contribution in [0.5, 0.6) is 0 Å². The SMILES string of the molecule is CC(CN)Nc1ccccc1Cl. The average molecular weight is 185 g/mol. The van der Waals surface area contributed by atoms with Crippen molar-refractivity contribution in [1.29, 1.82) is 0 Å². The van der Waals surface area contributed by atoms with Gasteiger partial charge in [-0.15, -0.1) is 0 Å². The fourth-order valence-electron chi connectivity index (χ4n) is 0.903. The lowest BCUT2D eigenvalue weighted by Gasteiger charge is -2.13. The number of hydrogen-bond donors (Lipinski definition) is 2. The number of benzene rings is 1. The number of anilines is 1. The van der Waals surface area contributed by atoms with Gasteiger partial charge in [-0.25, -0.2) is 0 Å². The fraction of sp³-hybridized carbons (Fsp3) is 0.333. The van der Waals surface area contributed by atoms with Gasteiger partial charge in [-0.1, -0.05) is 23.7 Å². The molecule has 0 saturated heterocycles. The number of nitrogens with two attached hydrogens (primary N) is 1. The van der Waals surface area contributed by atoms with Crippen LogP contribution in [0.25, 0.3) is 0 Å². The second-order valence-electron chi connectivity index (χ2n) is 2.76. The maximum absolute atomic E-state index is 5.92. The molecule has 0 spiro atoms. The first-order chi connectivity index (χ1) is 5.74. The summed E-state index contributed by atoms with van der Waals surface area (Å²) in [5.41, 5.74) is 6.41. The predicted molar refractivity (Wildman–Crippen MR) is 53.6 cm³/mol. The van der Waals surface area contributed by atoms with E-state index in [-0.39, 0.29) is 6.04 Å². The Morgan fingerprint density at radius 2 is 2.17 bits per heavy atom. The van der Waals surface area contributed by atoms with Gasteiger partial charge in [0, 0.05) is 12.6 Å². The zero-order valence-electron chi connectivity index (χ0n) is 7.05. The summed E-state index contributed by atoms with van der Waals surface area (Å²) in [5, 5.41) is 3.94. The molecule has 0 saturated carbocycles. The summed E-state index contributed by atoms with van der Waals surface area (Å²) >= 11 is 5.92. The van der Waals surface area contributed by atoms with Gasteiger partial charge in [-0.05, 0) is 19.1 Å². The van der Waals surface area contributed by atoms with Crippen LogP contribution in [-0.2, 0) is 0 Å². The Hall–Kier alpha value is -0.730. The van der Waals surface area contributed by atoms with Crippen LogP contribution in [0, 0.1) is 0 Å². The third-order valence-electron chi connectivity index (χ3n) is 1.63. The molecule has 3 heteroatoms. The monoisotopic (exact) mass is 184 g/mol. The number of nitrogens with one attached hydrogen (secondary N) is 1. The minimum atomic E-state index is 0.255. The first-order valence-corrected chi connectivity index (χ1v) is 4.33. The maximum atomic E-state index is 5.92. The van der Waals surface area contributed by atoms with Gasteiger partial charge in [-0.2, -0.15) is 0 Å². The van der Waals surface area contributed by atoms with Gasteiger partial charge < -0.3 is 11.1 Å². The molecule has 0 bridgehead atoms. The standard InChI is InChI=1S/C9H13ClN2/c1-7(6-11)12-9-5-3-2-4-8(9)10/h2-5,7,12H,6,11H2,1H3. The molecule has 0 amide bonds. The van der Waals surface area contributed by atoms with Crippen molar-refractivity contribution in [2.45, 2.75) is 13.0 Å². The Balaban J connectivity index is 2.69. The van der Waals surface area contributed by atoms with Crippen LogP contribution in [0.2, 0.25) is 5.02 Å². The molecule has 0 aliphatic carbocycles. The number of rotatable bonds is 3. The predicted octanol–water partition coefficient (Wildman–Crippen LogP) is 2.10. The first-order valence-electron chi connectivity index (χ1n) is 3.95. The molecular formula is C9H13ClN2. The number of para-hydroxylation sites is 1. The highest BCUT2D eigenvalue weighted by atomic mass is 35.5. The van der Waals surface area contributed by atoms with Crippen molar-refractivity contribution in [2.24, 2.45) is 5.73 Å². The van der Waals surface area contributed by atoms with E-state index in [0.717, 1.165) is 10.7 Å². The molecule has 2 nitrogen and oxygen atoms in total. The normalized spacial score (nSPS) is 12.6. The highest BCUT2D eigenvalue weighted by Gasteiger charge is 2.01. The van der Waals surface area contributed by atoms with E-state index in [0.29, 0.717) is 6.54 Å². The molecular weight excluding hydrogens is 172 g/mol. The second-order valence-corrected chi connectivity index (χ2v) is 3.17.